The van der Waals surface area contributed by atoms with Gasteiger partial charge in [0.15, 0.2) is 0 Å². The zero-order valence-corrected chi connectivity index (χ0v) is 14.2. The minimum Gasteiger partial charge on any atom is -0.457 e. The average molecular weight is 340 g/mol. The second-order valence-corrected chi connectivity index (χ2v) is 6.02. The molecule has 0 unspecified atom stereocenters. The van der Waals surface area contributed by atoms with Crippen molar-refractivity contribution in [1.29, 1.82) is 0 Å². The van der Waals surface area contributed by atoms with Gasteiger partial charge in [-0.3, -0.25) is 4.79 Å². The van der Waals surface area contributed by atoms with E-state index in [4.69, 9.17) is 9.47 Å². The number of para-hydroxylation sites is 2. The molecule has 25 heavy (non-hydrogen) atoms. The number of rotatable bonds is 7. The van der Waals surface area contributed by atoms with Gasteiger partial charge < -0.3 is 20.1 Å². The summed E-state index contributed by atoms with van der Waals surface area (Å²) in [7, 11) is 0. The molecule has 0 bridgehead atoms. The Balaban J connectivity index is 1.48. The van der Waals surface area contributed by atoms with Crippen LogP contribution in [0.25, 0.3) is 0 Å². The van der Waals surface area contributed by atoms with E-state index in [-0.39, 0.29) is 12.0 Å². The van der Waals surface area contributed by atoms with Crippen LogP contribution < -0.4 is 15.4 Å². The third kappa shape index (κ3) is 5.59. The van der Waals surface area contributed by atoms with E-state index in [1.54, 1.807) is 0 Å². The van der Waals surface area contributed by atoms with Gasteiger partial charge in [-0.2, -0.15) is 0 Å². The van der Waals surface area contributed by atoms with Crippen LogP contribution in [0.3, 0.4) is 0 Å². The SMILES string of the molecule is O=C(C[C@@H]1CNCCO1)NCCc1ccccc1Oc1ccccc1. The highest BCUT2D eigenvalue weighted by atomic mass is 16.5. The standard InChI is InChI=1S/C20H24N2O3/c23-20(14-18-15-21-12-13-24-18)22-11-10-16-6-4-5-9-19(16)25-17-7-2-1-3-8-17/h1-9,18,21H,10-15H2,(H,22,23)/t18-/m1/s1. The molecule has 0 aromatic heterocycles. The second-order valence-electron chi connectivity index (χ2n) is 6.02. The molecule has 1 amide bonds. The van der Waals surface area contributed by atoms with Crippen LogP contribution in [-0.4, -0.2) is 38.3 Å². The topological polar surface area (TPSA) is 59.6 Å². The molecule has 1 aliphatic rings. The van der Waals surface area contributed by atoms with Crippen LogP contribution >= 0.6 is 0 Å². The molecule has 5 heteroatoms. The van der Waals surface area contributed by atoms with Crippen molar-refractivity contribution in [2.24, 2.45) is 0 Å². The maximum absolute atomic E-state index is 12.0. The summed E-state index contributed by atoms with van der Waals surface area (Å²) < 4.78 is 11.5. The number of benzene rings is 2. The van der Waals surface area contributed by atoms with Crippen molar-refractivity contribution in [1.82, 2.24) is 10.6 Å². The molecule has 2 N–H and O–H groups in total. The van der Waals surface area contributed by atoms with Crippen LogP contribution in [0.1, 0.15) is 12.0 Å². The summed E-state index contributed by atoms with van der Waals surface area (Å²) >= 11 is 0. The molecule has 2 aromatic rings. The fourth-order valence-corrected chi connectivity index (χ4v) is 2.79. The van der Waals surface area contributed by atoms with Crippen LogP contribution in [0.4, 0.5) is 0 Å². The molecule has 5 nitrogen and oxygen atoms in total. The number of carbonyl (C=O) groups is 1. The molecular formula is C20H24N2O3. The highest BCUT2D eigenvalue weighted by molar-refractivity contribution is 5.76. The van der Waals surface area contributed by atoms with Crippen LogP contribution in [-0.2, 0) is 16.0 Å². The molecule has 2 aromatic carbocycles. The highest BCUT2D eigenvalue weighted by Crippen LogP contribution is 2.25. The Bertz CT molecular complexity index is 670. The predicted octanol–water partition coefficient (Wildman–Crippen LogP) is 2.52. The minimum absolute atomic E-state index is 0.0233. The lowest BCUT2D eigenvalue weighted by Crippen LogP contribution is -2.41. The summed E-state index contributed by atoms with van der Waals surface area (Å²) in [5, 5.41) is 6.20. The Morgan fingerprint density at radius 2 is 1.96 bits per heavy atom. The number of hydrogen-bond acceptors (Lipinski definition) is 4. The van der Waals surface area contributed by atoms with E-state index in [2.05, 4.69) is 10.6 Å². The Labute approximate surface area is 148 Å². The molecular weight excluding hydrogens is 316 g/mol. The van der Waals surface area contributed by atoms with Gasteiger partial charge in [-0.25, -0.2) is 0 Å². The largest absolute Gasteiger partial charge is 0.457 e. The number of ether oxygens (including phenoxy) is 2. The first kappa shape index (κ1) is 17.5. The van der Waals surface area contributed by atoms with E-state index in [1.165, 1.54) is 0 Å². The molecule has 1 heterocycles. The van der Waals surface area contributed by atoms with Gasteiger partial charge >= 0.3 is 0 Å². The summed E-state index contributed by atoms with van der Waals surface area (Å²) in [6.45, 7) is 2.84. The minimum atomic E-state index is -0.0255. The van der Waals surface area contributed by atoms with Crippen molar-refractivity contribution in [3.8, 4) is 11.5 Å². The highest BCUT2D eigenvalue weighted by Gasteiger charge is 2.17. The van der Waals surface area contributed by atoms with E-state index >= 15 is 0 Å². The summed E-state index contributed by atoms with van der Waals surface area (Å²) in [6, 6.07) is 17.6. The van der Waals surface area contributed by atoms with Gasteiger partial charge in [0.05, 0.1) is 19.1 Å². The average Bonchev–Trinajstić information content (AvgIpc) is 2.65. The second kappa shape index (κ2) is 9.20. The van der Waals surface area contributed by atoms with E-state index in [1.807, 2.05) is 54.6 Å². The molecule has 132 valence electrons. The zero-order valence-electron chi connectivity index (χ0n) is 14.2. The molecule has 3 rings (SSSR count). The first-order chi connectivity index (χ1) is 12.3. The van der Waals surface area contributed by atoms with E-state index in [0.29, 0.717) is 19.6 Å². The van der Waals surface area contributed by atoms with Gasteiger partial charge in [0.25, 0.3) is 0 Å². The summed E-state index contributed by atoms with van der Waals surface area (Å²) in [6.07, 6.45) is 1.09. The number of hydrogen-bond donors (Lipinski definition) is 2. The Morgan fingerprint density at radius 3 is 2.76 bits per heavy atom. The van der Waals surface area contributed by atoms with Crippen molar-refractivity contribution >= 4 is 5.91 Å². The quantitative estimate of drug-likeness (QED) is 0.813. The molecule has 1 aliphatic heterocycles. The summed E-state index contributed by atoms with van der Waals surface area (Å²) in [4.78, 5) is 12.0. The summed E-state index contributed by atoms with van der Waals surface area (Å²) in [5.74, 6) is 1.65. The van der Waals surface area contributed by atoms with Crippen LogP contribution in [0, 0.1) is 0 Å². The van der Waals surface area contributed by atoms with Gasteiger partial charge in [0, 0.05) is 19.6 Å². The van der Waals surface area contributed by atoms with Gasteiger partial charge in [0.2, 0.25) is 5.91 Å². The third-order valence-electron chi connectivity index (χ3n) is 4.08. The van der Waals surface area contributed by atoms with E-state index < -0.39 is 0 Å². The van der Waals surface area contributed by atoms with Gasteiger partial charge in [-0.15, -0.1) is 0 Å². The number of carbonyl (C=O) groups excluding carboxylic acids is 1. The molecule has 0 aliphatic carbocycles. The molecule has 1 saturated heterocycles. The Morgan fingerprint density at radius 1 is 1.16 bits per heavy atom. The molecule has 1 atom stereocenters. The Kier molecular flexibility index (Phi) is 6.42. The summed E-state index contributed by atoms with van der Waals surface area (Å²) in [5.41, 5.74) is 1.07. The molecule has 1 fully saturated rings. The van der Waals surface area contributed by atoms with Crippen LogP contribution in [0.15, 0.2) is 54.6 Å². The van der Waals surface area contributed by atoms with Crippen molar-refractivity contribution in [2.45, 2.75) is 18.9 Å². The lowest BCUT2D eigenvalue weighted by molar-refractivity contribution is -0.124. The lowest BCUT2D eigenvalue weighted by atomic mass is 10.1. The monoisotopic (exact) mass is 340 g/mol. The van der Waals surface area contributed by atoms with Crippen LogP contribution in [0.2, 0.25) is 0 Å². The first-order valence-electron chi connectivity index (χ1n) is 8.71. The fraction of sp³-hybridized carbons (Fsp3) is 0.350. The van der Waals surface area contributed by atoms with Crippen molar-refractivity contribution in [3.05, 3.63) is 60.2 Å². The fourth-order valence-electron chi connectivity index (χ4n) is 2.79. The smallest absolute Gasteiger partial charge is 0.222 e. The van der Waals surface area contributed by atoms with Crippen LogP contribution in [0.5, 0.6) is 11.5 Å². The van der Waals surface area contributed by atoms with Gasteiger partial charge in [-0.05, 0) is 30.2 Å². The van der Waals surface area contributed by atoms with Crippen molar-refractivity contribution < 1.29 is 14.3 Å². The Hall–Kier alpha value is -2.37. The molecule has 0 saturated carbocycles. The lowest BCUT2D eigenvalue weighted by Gasteiger charge is -2.23. The zero-order chi connectivity index (χ0) is 17.3. The molecule has 0 radical (unpaired) electrons. The van der Waals surface area contributed by atoms with Crippen molar-refractivity contribution in [2.75, 3.05) is 26.2 Å². The van der Waals surface area contributed by atoms with Crippen molar-refractivity contribution in [3.63, 3.8) is 0 Å². The maximum atomic E-state index is 12.0. The first-order valence-corrected chi connectivity index (χ1v) is 8.71. The predicted molar refractivity (Wildman–Crippen MR) is 96.9 cm³/mol. The molecule has 0 spiro atoms. The number of nitrogens with one attached hydrogen (secondary N) is 2. The normalized spacial score (nSPS) is 17.0. The van der Waals surface area contributed by atoms with Gasteiger partial charge in [-0.1, -0.05) is 36.4 Å². The van der Waals surface area contributed by atoms with E-state index in [0.717, 1.165) is 36.6 Å². The number of amides is 1. The maximum Gasteiger partial charge on any atom is 0.222 e. The number of morpholine rings is 1. The van der Waals surface area contributed by atoms with Gasteiger partial charge in [0.1, 0.15) is 11.5 Å². The van der Waals surface area contributed by atoms with E-state index in [9.17, 15) is 4.79 Å². The third-order valence-corrected chi connectivity index (χ3v) is 4.08.